The molecule has 0 amide bonds. The SMILES string of the molecule is CS(C)(CCC(=O)O)CCC(=O)O. The van der Waals surface area contributed by atoms with Gasteiger partial charge in [-0.3, -0.25) is 9.59 Å². The molecule has 0 radical (unpaired) electrons. The van der Waals surface area contributed by atoms with Gasteiger partial charge in [-0.1, -0.05) is 0 Å². The van der Waals surface area contributed by atoms with E-state index in [-0.39, 0.29) is 12.8 Å². The number of carbonyl (C=O) groups is 2. The molecular formula is C8H16O4S. The molecule has 0 saturated heterocycles. The summed E-state index contributed by atoms with van der Waals surface area (Å²) in [4.78, 5) is 20.6. The van der Waals surface area contributed by atoms with Crippen molar-refractivity contribution in [3.05, 3.63) is 0 Å². The predicted octanol–water partition coefficient (Wildman–Crippen LogP) is 1.00. The van der Waals surface area contributed by atoms with E-state index in [2.05, 4.69) is 0 Å². The number of carboxylic acids is 2. The summed E-state index contributed by atoms with van der Waals surface area (Å²) < 4.78 is 0. The summed E-state index contributed by atoms with van der Waals surface area (Å²) >= 11 is 0. The van der Waals surface area contributed by atoms with Crippen LogP contribution in [0.5, 0.6) is 0 Å². The van der Waals surface area contributed by atoms with Crippen LogP contribution >= 0.6 is 10.0 Å². The van der Waals surface area contributed by atoms with E-state index in [1.807, 2.05) is 12.5 Å². The Bertz CT molecular complexity index is 180. The van der Waals surface area contributed by atoms with Gasteiger partial charge in [0.15, 0.2) is 0 Å². The Kier molecular flexibility index (Phi) is 4.83. The third-order valence-corrected chi connectivity index (χ3v) is 4.36. The van der Waals surface area contributed by atoms with Crippen LogP contribution in [0.25, 0.3) is 0 Å². The third-order valence-electron chi connectivity index (χ3n) is 1.74. The van der Waals surface area contributed by atoms with Gasteiger partial charge in [0.2, 0.25) is 0 Å². The van der Waals surface area contributed by atoms with E-state index in [9.17, 15) is 9.59 Å². The quantitative estimate of drug-likeness (QED) is 0.683. The van der Waals surface area contributed by atoms with Gasteiger partial charge in [0.1, 0.15) is 0 Å². The van der Waals surface area contributed by atoms with Gasteiger partial charge in [0.25, 0.3) is 0 Å². The van der Waals surface area contributed by atoms with Crippen LogP contribution in [-0.4, -0.2) is 46.2 Å². The minimum Gasteiger partial charge on any atom is -0.481 e. The molecule has 0 rings (SSSR count). The van der Waals surface area contributed by atoms with E-state index < -0.39 is 22.0 Å². The van der Waals surface area contributed by atoms with Crippen LogP contribution in [-0.2, 0) is 9.59 Å². The van der Waals surface area contributed by atoms with Crippen molar-refractivity contribution in [2.24, 2.45) is 0 Å². The zero-order chi connectivity index (χ0) is 10.5. The lowest BCUT2D eigenvalue weighted by Gasteiger charge is -2.29. The van der Waals surface area contributed by atoms with E-state index in [4.69, 9.17) is 10.2 Å². The molecule has 0 aliphatic heterocycles. The van der Waals surface area contributed by atoms with Crippen molar-refractivity contribution in [2.75, 3.05) is 24.0 Å². The van der Waals surface area contributed by atoms with Crippen molar-refractivity contribution < 1.29 is 19.8 Å². The molecule has 0 fully saturated rings. The van der Waals surface area contributed by atoms with Gasteiger partial charge in [0, 0.05) is 0 Å². The molecule has 0 bridgehead atoms. The highest BCUT2D eigenvalue weighted by Gasteiger charge is 2.14. The Hall–Kier alpha value is -0.710. The number of rotatable bonds is 6. The molecule has 0 aliphatic carbocycles. The van der Waals surface area contributed by atoms with Crippen LogP contribution in [0.4, 0.5) is 0 Å². The van der Waals surface area contributed by atoms with Crippen molar-refractivity contribution >= 4 is 22.0 Å². The molecule has 0 unspecified atom stereocenters. The Morgan fingerprint density at radius 3 is 1.54 bits per heavy atom. The molecular weight excluding hydrogens is 192 g/mol. The largest absolute Gasteiger partial charge is 0.481 e. The van der Waals surface area contributed by atoms with Gasteiger partial charge in [0.05, 0.1) is 12.8 Å². The summed E-state index contributed by atoms with van der Waals surface area (Å²) in [5.74, 6) is -0.405. The molecule has 0 aromatic rings. The zero-order valence-corrected chi connectivity index (χ0v) is 8.76. The molecule has 5 heteroatoms. The average molecular weight is 208 g/mol. The number of aliphatic carboxylic acids is 2. The zero-order valence-electron chi connectivity index (χ0n) is 7.95. The van der Waals surface area contributed by atoms with Crippen LogP contribution < -0.4 is 0 Å². The molecule has 0 atom stereocenters. The lowest BCUT2D eigenvalue weighted by Crippen LogP contribution is -2.12. The number of hydrogen-bond acceptors (Lipinski definition) is 2. The van der Waals surface area contributed by atoms with Crippen molar-refractivity contribution in [3.8, 4) is 0 Å². The minimum atomic E-state index is -1.03. The summed E-state index contributed by atoms with van der Waals surface area (Å²) in [5.41, 5.74) is 0. The van der Waals surface area contributed by atoms with Gasteiger partial charge in [-0.05, 0) is 24.0 Å². The standard InChI is InChI=1S/C8H16O4S/c1-13(2,5-3-7(9)10)6-4-8(11)12/h3-6H2,1-2H3,(H,9,10)(H,11,12). The minimum absolute atomic E-state index is 0.141. The first-order chi connectivity index (χ1) is 5.83. The maximum absolute atomic E-state index is 10.3. The van der Waals surface area contributed by atoms with Gasteiger partial charge < -0.3 is 10.2 Å². The van der Waals surface area contributed by atoms with Crippen LogP contribution in [0.1, 0.15) is 12.8 Å². The summed E-state index contributed by atoms with van der Waals surface area (Å²) in [6.45, 7) is 0. The van der Waals surface area contributed by atoms with Crippen LogP contribution in [0.2, 0.25) is 0 Å². The van der Waals surface area contributed by atoms with Crippen molar-refractivity contribution in [2.45, 2.75) is 12.8 Å². The fourth-order valence-electron chi connectivity index (χ4n) is 0.829. The lowest BCUT2D eigenvalue weighted by molar-refractivity contribution is -0.137. The van der Waals surface area contributed by atoms with Crippen molar-refractivity contribution in [1.29, 1.82) is 0 Å². The molecule has 0 aromatic heterocycles. The van der Waals surface area contributed by atoms with Gasteiger partial charge in [-0.15, -0.1) is 0 Å². The maximum Gasteiger partial charge on any atom is 0.304 e. The first kappa shape index (κ1) is 12.3. The average Bonchev–Trinajstić information content (AvgIpc) is 1.98. The highest BCUT2D eigenvalue weighted by molar-refractivity contribution is 8.32. The molecule has 0 aliphatic rings. The fourth-order valence-corrected chi connectivity index (χ4v) is 2.49. The van der Waals surface area contributed by atoms with Crippen molar-refractivity contribution in [3.63, 3.8) is 0 Å². The Labute approximate surface area is 79.3 Å². The molecule has 0 aromatic carbocycles. The summed E-state index contributed by atoms with van der Waals surface area (Å²) in [5, 5.41) is 16.9. The number of carboxylic acid groups (broad SMARTS) is 2. The Morgan fingerprint density at radius 1 is 1.00 bits per heavy atom. The van der Waals surface area contributed by atoms with E-state index in [1.54, 1.807) is 0 Å². The van der Waals surface area contributed by atoms with Gasteiger partial charge in [-0.2, -0.15) is 0 Å². The maximum atomic E-state index is 10.3. The Balaban J connectivity index is 3.79. The van der Waals surface area contributed by atoms with Gasteiger partial charge in [-0.25, -0.2) is 10.0 Å². The normalized spacial score (nSPS) is 12.5. The van der Waals surface area contributed by atoms with E-state index >= 15 is 0 Å². The van der Waals surface area contributed by atoms with E-state index in [1.165, 1.54) is 0 Å². The molecule has 0 spiro atoms. The van der Waals surface area contributed by atoms with E-state index in [0.29, 0.717) is 11.5 Å². The highest BCUT2D eigenvalue weighted by atomic mass is 32.3. The second-order valence-corrected chi connectivity index (χ2v) is 7.81. The van der Waals surface area contributed by atoms with E-state index in [0.717, 1.165) is 0 Å². The lowest BCUT2D eigenvalue weighted by atomic mass is 10.5. The molecule has 0 saturated carbocycles. The topological polar surface area (TPSA) is 74.6 Å². The first-order valence-corrected chi connectivity index (χ1v) is 6.74. The molecule has 13 heavy (non-hydrogen) atoms. The van der Waals surface area contributed by atoms with Crippen molar-refractivity contribution in [1.82, 2.24) is 0 Å². The molecule has 4 nitrogen and oxygen atoms in total. The van der Waals surface area contributed by atoms with Crippen LogP contribution in [0, 0.1) is 0 Å². The van der Waals surface area contributed by atoms with Crippen LogP contribution in [0.15, 0.2) is 0 Å². The summed E-state index contributed by atoms with van der Waals surface area (Å²) in [6, 6.07) is 0. The molecule has 2 N–H and O–H groups in total. The number of hydrogen-bond donors (Lipinski definition) is 2. The van der Waals surface area contributed by atoms with Gasteiger partial charge >= 0.3 is 11.9 Å². The highest BCUT2D eigenvalue weighted by Crippen LogP contribution is 2.40. The summed E-state index contributed by atoms with van der Waals surface area (Å²) in [7, 11) is -1.03. The summed E-state index contributed by atoms with van der Waals surface area (Å²) in [6.07, 6.45) is 4.22. The fraction of sp³-hybridized carbons (Fsp3) is 0.750. The second-order valence-electron chi connectivity index (χ2n) is 3.46. The molecule has 0 heterocycles. The molecule has 78 valence electrons. The van der Waals surface area contributed by atoms with Crippen LogP contribution in [0.3, 0.4) is 0 Å². The monoisotopic (exact) mass is 208 g/mol. The first-order valence-electron chi connectivity index (χ1n) is 3.96. The predicted molar refractivity (Wildman–Crippen MR) is 53.7 cm³/mol. The Morgan fingerprint density at radius 2 is 1.31 bits per heavy atom. The third kappa shape index (κ3) is 7.64. The second kappa shape index (κ2) is 5.11. The smallest absolute Gasteiger partial charge is 0.304 e.